The van der Waals surface area contributed by atoms with Gasteiger partial charge < -0.3 is 10.5 Å². The highest BCUT2D eigenvalue weighted by Crippen LogP contribution is 2.40. The Morgan fingerprint density at radius 3 is 2.43 bits per heavy atom. The number of hydrogen-bond acceptors (Lipinski definition) is 5. The van der Waals surface area contributed by atoms with Crippen molar-refractivity contribution in [3.63, 3.8) is 0 Å². The largest absolute Gasteiger partial charge is 0.435 e. The van der Waals surface area contributed by atoms with E-state index in [0.29, 0.717) is 21.3 Å². The van der Waals surface area contributed by atoms with Crippen LogP contribution in [0.25, 0.3) is 21.3 Å². The minimum absolute atomic E-state index is 0.0706. The summed E-state index contributed by atoms with van der Waals surface area (Å²) in [6.45, 7) is 0. The molecule has 0 radical (unpaired) electrons. The van der Waals surface area contributed by atoms with Crippen LogP contribution in [0.3, 0.4) is 0 Å². The van der Waals surface area contributed by atoms with Gasteiger partial charge in [0.25, 0.3) is 0 Å². The summed E-state index contributed by atoms with van der Waals surface area (Å²) < 4.78 is 58.1. The molecule has 0 atom stereocenters. The molecule has 0 bridgehead atoms. The molecule has 0 saturated heterocycles. The van der Waals surface area contributed by atoms with Crippen molar-refractivity contribution in [2.75, 3.05) is 5.73 Å². The number of thiophene rings is 1. The third-order valence-corrected chi connectivity index (χ3v) is 4.91. The quantitative estimate of drug-likeness (QED) is 0.341. The van der Waals surface area contributed by atoms with Crippen LogP contribution in [0.2, 0.25) is 0 Å². The molecule has 4 rings (SSSR count). The van der Waals surface area contributed by atoms with Crippen LogP contribution in [-0.4, -0.2) is 9.97 Å². The van der Waals surface area contributed by atoms with Gasteiger partial charge in [-0.1, -0.05) is 12.1 Å². The zero-order chi connectivity index (χ0) is 19.9. The summed E-state index contributed by atoms with van der Waals surface area (Å²) in [5.41, 5.74) is 6.18. The molecule has 28 heavy (non-hydrogen) atoms. The number of benzene rings is 2. The number of alkyl halides is 3. The van der Waals surface area contributed by atoms with E-state index < -0.39 is 17.6 Å². The van der Waals surface area contributed by atoms with Gasteiger partial charge in [-0.15, -0.1) is 11.3 Å². The molecule has 0 spiro atoms. The van der Waals surface area contributed by atoms with E-state index in [1.807, 2.05) is 0 Å². The summed E-state index contributed by atoms with van der Waals surface area (Å²) in [5, 5.41) is 2.23. The van der Waals surface area contributed by atoms with Crippen molar-refractivity contribution in [1.82, 2.24) is 9.97 Å². The number of aromatic nitrogens is 2. The fraction of sp³-hybridized carbons (Fsp3) is 0.0526. The van der Waals surface area contributed by atoms with E-state index in [0.717, 1.165) is 18.2 Å². The molecule has 9 heteroatoms. The van der Waals surface area contributed by atoms with E-state index >= 15 is 0 Å². The lowest BCUT2D eigenvalue weighted by atomic mass is 10.0. The number of nitrogens with zero attached hydrogens (tertiary/aromatic N) is 2. The minimum Gasteiger partial charge on any atom is -0.435 e. The van der Waals surface area contributed by atoms with Gasteiger partial charge in [-0.2, -0.15) is 13.2 Å². The van der Waals surface area contributed by atoms with Gasteiger partial charge in [0.2, 0.25) is 5.88 Å². The molecule has 0 saturated carbocycles. The molecule has 0 aliphatic carbocycles. The van der Waals surface area contributed by atoms with Crippen LogP contribution < -0.4 is 10.5 Å². The van der Waals surface area contributed by atoms with Gasteiger partial charge in [-0.3, -0.25) is 0 Å². The first-order valence-corrected chi connectivity index (χ1v) is 8.83. The molecule has 2 aromatic heterocycles. The van der Waals surface area contributed by atoms with Crippen molar-refractivity contribution in [3.05, 3.63) is 65.6 Å². The summed E-state index contributed by atoms with van der Waals surface area (Å²) in [5.74, 6) is -0.623. The zero-order valence-corrected chi connectivity index (χ0v) is 14.8. The molecule has 0 amide bonds. The Morgan fingerprint density at radius 2 is 1.75 bits per heavy atom. The molecule has 0 fully saturated rings. The van der Waals surface area contributed by atoms with Gasteiger partial charge in [0.15, 0.2) is 11.6 Å². The minimum atomic E-state index is -4.42. The van der Waals surface area contributed by atoms with E-state index in [9.17, 15) is 17.6 Å². The van der Waals surface area contributed by atoms with Crippen LogP contribution in [0.5, 0.6) is 11.6 Å². The number of anilines is 1. The summed E-state index contributed by atoms with van der Waals surface area (Å²) in [4.78, 5) is 8.80. The van der Waals surface area contributed by atoms with E-state index in [2.05, 4.69) is 9.97 Å². The second-order valence-electron chi connectivity index (χ2n) is 5.88. The number of ether oxygens (including phenoxy) is 1. The number of rotatable bonds is 3. The molecule has 0 aliphatic heterocycles. The molecule has 0 unspecified atom stereocenters. The van der Waals surface area contributed by atoms with Crippen molar-refractivity contribution in [2.24, 2.45) is 0 Å². The Hall–Kier alpha value is -3.20. The number of nitrogen functional groups attached to an aromatic ring is 1. The smallest absolute Gasteiger partial charge is 0.416 e. The Balaban J connectivity index is 1.79. The van der Waals surface area contributed by atoms with Crippen LogP contribution >= 0.6 is 11.3 Å². The highest BCUT2D eigenvalue weighted by atomic mass is 32.1. The average Bonchev–Trinajstić information content (AvgIpc) is 3.08. The van der Waals surface area contributed by atoms with Crippen LogP contribution in [0.15, 0.2) is 54.2 Å². The van der Waals surface area contributed by atoms with Crippen molar-refractivity contribution >= 4 is 27.2 Å². The Labute approximate surface area is 160 Å². The van der Waals surface area contributed by atoms with E-state index in [-0.39, 0.29) is 17.3 Å². The van der Waals surface area contributed by atoms with E-state index in [1.165, 1.54) is 41.9 Å². The highest BCUT2D eigenvalue weighted by Gasteiger charge is 2.30. The average molecular weight is 405 g/mol. The zero-order valence-electron chi connectivity index (χ0n) is 14.0. The number of halogens is 4. The van der Waals surface area contributed by atoms with Crippen molar-refractivity contribution in [2.45, 2.75) is 6.18 Å². The number of nitrogens with two attached hydrogens (primary N) is 1. The summed E-state index contributed by atoms with van der Waals surface area (Å²) in [6, 6.07) is 8.73. The normalized spacial score (nSPS) is 11.7. The van der Waals surface area contributed by atoms with Crippen LogP contribution in [0.4, 0.5) is 23.2 Å². The number of fused-ring (bicyclic) bond motifs is 1. The first-order chi connectivity index (χ1) is 13.3. The monoisotopic (exact) mass is 405 g/mol. The SMILES string of the molecule is Nc1ccc(Oc2ncnc3scc(-c4ccc(C(F)(F)F)cc4)c23)c(F)c1. The van der Waals surface area contributed by atoms with E-state index in [4.69, 9.17) is 10.5 Å². The first kappa shape index (κ1) is 18.2. The molecule has 2 aromatic carbocycles. The summed E-state index contributed by atoms with van der Waals surface area (Å²) in [7, 11) is 0. The van der Waals surface area contributed by atoms with Crippen molar-refractivity contribution < 1.29 is 22.3 Å². The van der Waals surface area contributed by atoms with Crippen LogP contribution in [0.1, 0.15) is 5.56 Å². The lowest BCUT2D eigenvalue weighted by Crippen LogP contribution is -2.03. The predicted octanol–water partition coefficient (Wildman–Crippen LogP) is 5.89. The molecule has 4 nitrogen and oxygen atoms in total. The Bertz CT molecular complexity index is 1160. The highest BCUT2D eigenvalue weighted by molar-refractivity contribution is 7.17. The standard InChI is InChI=1S/C19H11F4N3OS/c20-14-7-12(24)5-6-15(14)27-17-16-13(8-28-18(16)26-9-25-17)10-1-3-11(4-2-10)19(21,22)23/h1-9H,24H2. The maximum Gasteiger partial charge on any atom is 0.416 e. The van der Waals surface area contributed by atoms with Gasteiger partial charge >= 0.3 is 6.18 Å². The second-order valence-corrected chi connectivity index (χ2v) is 6.73. The van der Waals surface area contributed by atoms with Crippen LogP contribution in [-0.2, 0) is 6.18 Å². The fourth-order valence-corrected chi connectivity index (χ4v) is 3.59. The van der Waals surface area contributed by atoms with E-state index in [1.54, 1.807) is 5.38 Å². The Kier molecular flexibility index (Phi) is 4.38. The maximum absolute atomic E-state index is 14.1. The first-order valence-electron chi connectivity index (χ1n) is 7.95. The molecule has 2 N–H and O–H groups in total. The summed E-state index contributed by atoms with van der Waals surface area (Å²) in [6.07, 6.45) is -3.14. The second kappa shape index (κ2) is 6.75. The third kappa shape index (κ3) is 3.36. The summed E-state index contributed by atoms with van der Waals surface area (Å²) >= 11 is 1.28. The molecule has 4 aromatic rings. The molecule has 0 aliphatic rings. The lowest BCUT2D eigenvalue weighted by Gasteiger charge is -2.10. The lowest BCUT2D eigenvalue weighted by molar-refractivity contribution is -0.137. The molecular formula is C19H11F4N3OS. The fourth-order valence-electron chi connectivity index (χ4n) is 2.68. The topological polar surface area (TPSA) is 61.0 Å². The van der Waals surface area contributed by atoms with Gasteiger partial charge in [0, 0.05) is 22.7 Å². The van der Waals surface area contributed by atoms with Crippen LogP contribution in [0, 0.1) is 5.82 Å². The Morgan fingerprint density at radius 1 is 1.00 bits per heavy atom. The van der Waals surface area contributed by atoms with Gasteiger partial charge in [-0.25, -0.2) is 14.4 Å². The molecule has 2 heterocycles. The van der Waals surface area contributed by atoms with Gasteiger partial charge in [0.05, 0.1) is 10.9 Å². The van der Waals surface area contributed by atoms with Crippen molar-refractivity contribution in [3.8, 4) is 22.8 Å². The molecular weight excluding hydrogens is 394 g/mol. The van der Waals surface area contributed by atoms with Gasteiger partial charge in [-0.05, 0) is 29.8 Å². The molecule has 142 valence electrons. The maximum atomic E-state index is 14.1. The van der Waals surface area contributed by atoms with Crippen molar-refractivity contribution in [1.29, 1.82) is 0 Å². The predicted molar refractivity (Wildman–Crippen MR) is 98.7 cm³/mol. The number of hydrogen-bond donors (Lipinski definition) is 1. The third-order valence-electron chi connectivity index (χ3n) is 4.02. The van der Waals surface area contributed by atoms with Gasteiger partial charge in [0.1, 0.15) is 11.2 Å².